The molecular formula is C29H27ClN6O5. The van der Waals surface area contributed by atoms with Crippen LogP contribution in [0.3, 0.4) is 0 Å². The van der Waals surface area contributed by atoms with Crippen LogP contribution in [-0.2, 0) is 16.1 Å². The lowest BCUT2D eigenvalue weighted by molar-refractivity contribution is -0.148. The van der Waals surface area contributed by atoms with Crippen molar-refractivity contribution >= 4 is 51.7 Å². The third-order valence-electron chi connectivity index (χ3n) is 6.23. The summed E-state index contributed by atoms with van der Waals surface area (Å²) < 4.78 is 17.0. The third-order valence-corrected chi connectivity index (χ3v) is 6.53. The van der Waals surface area contributed by atoms with Crippen LogP contribution in [0.2, 0.25) is 5.02 Å². The summed E-state index contributed by atoms with van der Waals surface area (Å²) in [5, 5.41) is 7.00. The van der Waals surface area contributed by atoms with Crippen molar-refractivity contribution in [3.05, 3.63) is 84.4 Å². The quantitative estimate of drug-likeness (QED) is 0.229. The van der Waals surface area contributed by atoms with E-state index in [0.29, 0.717) is 64.2 Å². The van der Waals surface area contributed by atoms with Gasteiger partial charge in [-0.25, -0.2) is 14.8 Å². The number of nitrogens with zero attached hydrogens (tertiary/aromatic N) is 4. The monoisotopic (exact) mass is 574 g/mol. The van der Waals surface area contributed by atoms with E-state index in [9.17, 15) is 9.59 Å². The molecule has 0 aliphatic carbocycles. The van der Waals surface area contributed by atoms with E-state index < -0.39 is 12.3 Å². The molecule has 2 aromatic carbocycles. The van der Waals surface area contributed by atoms with Crippen LogP contribution in [0.4, 0.5) is 22.0 Å². The maximum Gasteiger partial charge on any atom is 0.413 e. The highest BCUT2D eigenvalue weighted by Gasteiger charge is 2.34. The van der Waals surface area contributed by atoms with E-state index in [4.69, 9.17) is 25.8 Å². The Morgan fingerprint density at radius 1 is 1.12 bits per heavy atom. The molecule has 4 aromatic rings. The minimum Gasteiger partial charge on any atom is -0.492 e. The zero-order valence-electron chi connectivity index (χ0n) is 22.2. The van der Waals surface area contributed by atoms with Gasteiger partial charge in [-0.05, 0) is 49.4 Å². The van der Waals surface area contributed by atoms with Crippen LogP contribution in [0.5, 0.6) is 11.5 Å². The summed E-state index contributed by atoms with van der Waals surface area (Å²) in [6.45, 7) is 6.45. The maximum atomic E-state index is 12.7. The Labute approximate surface area is 241 Å². The number of rotatable bonds is 10. The number of nitrogens with one attached hydrogen (secondary N) is 2. The average Bonchev–Trinajstić information content (AvgIpc) is 2.96. The summed E-state index contributed by atoms with van der Waals surface area (Å²) in [4.78, 5) is 39.0. The number of halogens is 1. The van der Waals surface area contributed by atoms with Gasteiger partial charge in [-0.1, -0.05) is 24.2 Å². The van der Waals surface area contributed by atoms with Crippen molar-refractivity contribution in [2.45, 2.75) is 26.2 Å². The Morgan fingerprint density at radius 2 is 2.00 bits per heavy atom. The molecule has 2 aromatic heterocycles. The highest BCUT2D eigenvalue weighted by Crippen LogP contribution is 2.35. The average molecular weight is 575 g/mol. The Balaban J connectivity index is 1.34. The number of hydrogen-bond acceptors (Lipinski definition) is 9. The van der Waals surface area contributed by atoms with Crippen LogP contribution < -0.4 is 20.1 Å². The van der Waals surface area contributed by atoms with Gasteiger partial charge in [0, 0.05) is 36.3 Å². The number of likely N-dealkylation sites (tertiary alicyclic amines) is 1. The first-order valence-electron chi connectivity index (χ1n) is 12.9. The Hall–Kier alpha value is -4.90. The smallest absolute Gasteiger partial charge is 0.413 e. The minimum absolute atomic E-state index is 0.285. The first-order valence-corrected chi connectivity index (χ1v) is 13.2. The molecule has 1 saturated heterocycles. The number of pyridine rings is 1. The normalized spacial score (nSPS) is 14.1. The zero-order chi connectivity index (χ0) is 28.8. The van der Waals surface area contributed by atoms with Crippen molar-refractivity contribution < 1.29 is 23.8 Å². The number of ether oxygens (including phenoxy) is 3. The minimum atomic E-state index is -0.726. The fourth-order valence-electron chi connectivity index (χ4n) is 4.14. The van der Waals surface area contributed by atoms with Crippen LogP contribution in [0.25, 0.3) is 10.9 Å². The van der Waals surface area contributed by atoms with Crippen molar-refractivity contribution in [2.75, 3.05) is 23.8 Å². The molecule has 0 spiro atoms. The molecule has 1 fully saturated rings. The van der Waals surface area contributed by atoms with Gasteiger partial charge in [-0.15, -0.1) is 0 Å². The van der Waals surface area contributed by atoms with Crippen LogP contribution in [-0.4, -0.2) is 51.2 Å². The summed E-state index contributed by atoms with van der Waals surface area (Å²) in [6, 6.07) is 14.3. The van der Waals surface area contributed by atoms with Crippen molar-refractivity contribution in [3.8, 4) is 11.5 Å². The Kier molecular flexibility index (Phi) is 8.44. The van der Waals surface area contributed by atoms with Gasteiger partial charge in [0.2, 0.25) is 5.91 Å². The van der Waals surface area contributed by atoms with Crippen LogP contribution >= 0.6 is 11.6 Å². The Morgan fingerprint density at radius 3 is 2.71 bits per heavy atom. The topological polar surface area (TPSA) is 128 Å². The fraction of sp³-hybridized carbons (Fsp3) is 0.207. The molecule has 0 bridgehead atoms. The fourth-order valence-corrected chi connectivity index (χ4v) is 4.38. The second-order valence-electron chi connectivity index (χ2n) is 8.91. The molecule has 5 rings (SSSR count). The van der Waals surface area contributed by atoms with Crippen LogP contribution in [0.15, 0.2) is 73.7 Å². The molecule has 210 valence electrons. The predicted octanol–water partition coefficient (Wildman–Crippen LogP) is 5.69. The number of anilines is 3. The molecule has 3 heterocycles. The molecule has 12 heteroatoms. The zero-order valence-corrected chi connectivity index (χ0v) is 22.9. The molecule has 41 heavy (non-hydrogen) atoms. The van der Waals surface area contributed by atoms with E-state index in [2.05, 4.69) is 32.2 Å². The summed E-state index contributed by atoms with van der Waals surface area (Å²) >= 11 is 6.49. The molecule has 0 radical (unpaired) electrons. The van der Waals surface area contributed by atoms with Gasteiger partial charge in [-0.2, -0.15) is 0 Å². The largest absolute Gasteiger partial charge is 0.492 e. The molecule has 2 amide bonds. The van der Waals surface area contributed by atoms with Gasteiger partial charge >= 0.3 is 6.09 Å². The molecule has 0 saturated carbocycles. The van der Waals surface area contributed by atoms with Crippen molar-refractivity contribution in [2.24, 2.45) is 0 Å². The number of aromatic nitrogens is 3. The molecule has 1 aliphatic heterocycles. The van der Waals surface area contributed by atoms with Crippen molar-refractivity contribution in [1.29, 1.82) is 0 Å². The van der Waals surface area contributed by atoms with E-state index in [1.165, 1.54) is 17.3 Å². The lowest BCUT2D eigenvalue weighted by Crippen LogP contribution is -2.53. The van der Waals surface area contributed by atoms with E-state index >= 15 is 0 Å². The van der Waals surface area contributed by atoms with Gasteiger partial charge < -0.3 is 24.4 Å². The first-order chi connectivity index (χ1) is 19.9. The van der Waals surface area contributed by atoms with E-state index in [-0.39, 0.29) is 12.5 Å². The first kappa shape index (κ1) is 27.7. The van der Waals surface area contributed by atoms with Gasteiger partial charge in [0.05, 0.1) is 28.5 Å². The Bertz CT molecular complexity index is 1590. The second-order valence-corrected chi connectivity index (χ2v) is 9.32. The van der Waals surface area contributed by atoms with E-state index in [0.717, 1.165) is 5.69 Å². The van der Waals surface area contributed by atoms with Gasteiger partial charge in [0.1, 0.15) is 30.3 Å². The molecular weight excluding hydrogens is 548 g/mol. The lowest BCUT2D eigenvalue weighted by Gasteiger charge is -2.38. The van der Waals surface area contributed by atoms with E-state index in [1.54, 1.807) is 30.5 Å². The molecule has 2 N–H and O–H groups in total. The van der Waals surface area contributed by atoms with E-state index in [1.807, 2.05) is 31.2 Å². The maximum absolute atomic E-state index is 12.7. The standard InChI is InChI=1S/C29H27ClN6O5/c1-3-26(37)36-12-10-27(36)41-29(38)35-23-14-20-22(15-25(23)39-4-2)32-17-33-28(20)34-18-8-9-24(21(30)13-18)40-16-19-7-5-6-11-31-19/h3,5-9,11,13-15,17,27H,1,4,10,12,16H2,2H3,(H,35,38)(H,32,33,34). The molecule has 1 unspecified atom stereocenters. The number of benzene rings is 2. The summed E-state index contributed by atoms with van der Waals surface area (Å²) in [6.07, 6.45) is 3.48. The van der Waals surface area contributed by atoms with Crippen LogP contribution in [0.1, 0.15) is 19.0 Å². The number of fused-ring (bicyclic) bond motifs is 1. The number of carbonyl (C=O) groups excluding carboxylic acids is 2. The van der Waals surface area contributed by atoms with Crippen molar-refractivity contribution in [3.63, 3.8) is 0 Å². The third kappa shape index (κ3) is 6.47. The van der Waals surface area contributed by atoms with Crippen molar-refractivity contribution in [1.82, 2.24) is 19.9 Å². The predicted molar refractivity (Wildman–Crippen MR) is 154 cm³/mol. The molecule has 1 aliphatic rings. The van der Waals surface area contributed by atoms with Crippen LogP contribution in [0, 0.1) is 0 Å². The summed E-state index contributed by atoms with van der Waals surface area (Å²) in [5.74, 6) is 1.11. The summed E-state index contributed by atoms with van der Waals surface area (Å²) in [5.41, 5.74) is 2.40. The lowest BCUT2D eigenvalue weighted by atomic mass is 10.1. The summed E-state index contributed by atoms with van der Waals surface area (Å²) in [7, 11) is 0. The van der Waals surface area contributed by atoms with Gasteiger partial charge in [-0.3, -0.25) is 15.1 Å². The van der Waals surface area contributed by atoms with Gasteiger partial charge in [0.15, 0.2) is 6.23 Å². The molecule has 11 nitrogen and oxygen atoms in total. The highest BCUT2D eigenvalue weighted by molar-refractivity contribution is 6.32. The second kappa shape index (κ2) is 12.5. The number of carbonyl (C=O) groups is 2. The SMILES string of the molecule is C=CC(=O)N1CCC1OC(=O)Nc1cc2c(Nc3ccc(OCc4ccccn4)c(Cl)c3)ncnc2cc1OCC. The number of amides is 2. The molecule has 1 atom stereocenters. The highest BCUT2D eigenvalue weighted by atomic mass is 35.5. The van der Waals surface area contributed by atoms with Gasteiger partial charge in [0.25, 0.3) is 0 Å². The number of hydrogen-bond donors (Lipinski definition) is 2.